The summed E-state index contributed by atoms with van der Waals surface area (Å²) >= 11 is 0. The van der Waals surface area contributed by atoms with E-state index >= 15 is 0 Å². The Hall–Kier alpha value is -4.49. The summed E-state index contributed by atoms with van der Waals surface area (Å²) in [4.78, 5) is 36.9. The zero-order chi connectivity index (χ0) is 38.1. The zero-order valence-electron chi connectivity index (χ0n) is 29.1. The van der Waals surface area contributed by atoms with Gasteiger partial charge in [-0.25, -0.2) is 4.79 Å². The van der Waals surface area contributed by atoms with Gasteiger partial charge in [0.1, 0.15) is 24.4 Å². The number of benzene rings is 2. The van der Waals surface area contributed by atoms with Gasteiger partial charge in [-0.2, -0.15) is 0 Å². The minimum absolute atomic E-state index is 0.0557. The van der Waals surface area contributed by atoms with Gasteiger partial charge in [0.05, 0.1) is 33.5 Å². The van der Waals surface area contributed by atoms with Crippen LogP contribution in [0.5, 0.6) is 23.0 Å². The van der Waals surface area contributed by atoms with Gasteiger partial charge < -0.3 is 68.2 Å². The molecule has 0 bridgehead atoms. The summed E-state index contributed by atoms with van der Waals surface area (Å²) in [7, 11) is 2.77. The Kier molecular flexibility index (Phi) is 14.2. The standard InChI is InChI=1S/C35H44O17/c1-17-30(48-18(2)37)32(49-19(3)38)29(43)35(47-17)52-33-28(42)34(46-13-12-21-7-10-24(44-4)23(40)14-21)50-26(16-36)31(33)51-27(41)11-8-20-6-9-22(39)25(15-20)45-5/h6-11,14-15,17,26,28-36,39-40,42-43H,12-13,16H2,1-5H3/t17-,26+,28+,29+,30-,31+,32-,33+,34+,35-/m0/s1. The molecule has 0 amide bonds. The van der Waals surface area contributed by atoms with Gasteiger partial charge in [0, 0.05) is 19.9 Å². The Labute approximate surface area is 299 Å². The van der Waals surface area contributed by atoms with Gasteiger partial charge in [0.15, 0.2) is 53.9 Å². The van der Waals surface area contributed by atoms with Crippen LogP contribution >= 0.6 is 0 Å². The minimum Gasteiger partial charge on any atom is -0.504 e. The van der Waals surface area contributed by atoms with Crippen molar-refractivity contribution in [2.24, 2.45) is 0 Å². The smallest absolute Gasteiger partial charge is 0.331 e. The number of phenols is 2. The molecule has 2 aliphatic heterocycles. The molecule has 10 atom stereocenters. The predicted octanol–water partition coefficient (Wildman–Crippen LogP) is 0.732. The van der Waals surface area contributed by atoms with E-state index in [9.17, 15) is 39.9 Å². The van der Waals surface area contributed by atoms with Crippen LogP contribution in [0.1, 0.15) is 31.9 Å². The quantitative estimate of drug-likeness (QED) is 0.102. The van der Waals surface area contributed by atoms with E-state index < -0.39 is 85.9 Å². The van der Waals surface area contributed by atoms with Crippen molar-refractivity contribution in [2.75, 3.05) is 27.4 Å². The molecule has 52 heavy (non-hydrogen) atoms. The Morgan fingerprint density at radius 3 is 2.10 bits per heavy atom. The Balaban J connectivity index is 1.58. The van der Waals surface area contributed by atoms with Crippen LogP contribution in [0.25, 0.3) is 6.08 Å². The number of rotatable bonds is 14. The fourth-order valence-electron chi connectivity index (χ4n) is 5.73. The van der Waals surface area contributed by atoms with Gasteiger partial charge in [0.2, 0.25) is 0 Å². The molecule has 17 heteroatoms. The van der Waals surface area contributed by atoms with Crippen molar-refractivity contribution in [1.29, 1.82) is 0 Å². The number of aliphatic hydroxyl groups is 3. The summed E-state index contributed by atoms with van der Waals surface area (Å²) in [6.07, 6.45) is -12.2. The Bertz CT molecular complexity index is 1560. The fourth-order valence-corrected chi connectivity index (χ4v) is 5.73. The van der Waals surface area contributed by atoms with E-state index in [1.54, 1.807) is 12.1 Å². The third-order valence-corrected chi connectivity index (χ3v) is 8.22. The molecule has 0 aromatic heterocycles. The maximum atomic E-state index is 13.1. The number of carbonyl (C=O) groups is 3. The maximum absolute atomic E-state index is 13.1. The molecule has 5 N–H and O–H groups in total. The molecule has 2 aliphatic rings. The number of carbonyl (C=O) groups excluding carboxylic acids is 3. The number of aromatic hydroxyl groups is 2. The van der Waals surface area contributed by atoms with Gasteiger partial charge in [0.25, 0.3) is 0 Å². The van der Waals surface area contributed by atoms with Crippen LogP contribution in [0.2, 0.25) is 0 Å². The molecule has 286 valence electrons. The van der Waals surface area contributed by atoms with E-state index in [0.29, 0.717) is 11.1 Å². The van der Waals surface area contributed by atoms with Crippen LogP contribution < -0.4 is 9.47 Å². The molecule has 0 radical (unpaired) electrons. The van der Waals surface area contributed by atoms with E-state index in [4.69, 9.17) is 42.6 Å². The van der Waals surface area contributed by atoms with Gasteiger partial charge >= 0.3 is 17.9 Å². The highest BCUT2D eigenvalue weighted by Gasteiger charge is 2.54. The summed E-state index contributed by atoms with van der Waals surface area (Å²) in [5.41, 5.74) is 1.12. The Morgan fingerprint density at radius 1 is 0.788 bits per heavy atom. The van der Waals surface area contributed by atoms with Gasteiger partial charge in [-0.1, -0.05) is 12.1 Å². The number of hydrogen-bond donors (Lipinski definition) is 5. The van der Waals surface area contributed by atoms with E-state index in [0.717, 1.165) is 19.9 Å². The van der Waals surface area contributed by atoms with Crippen molar-refractivity contribution in [3.63, 3.8) is 0 Å². The molecule has 4 rings (SSSR count). The number of aliphatic hydroxyl groups excluding tert-OH is 3. The van der Waals surface area contributed by atoms with E-state index in [-0.39, 0.29) is 36.0 Å². The third kappa shape index (κ3) is 10.1. The molecule has 0 unspecified atom stereocenters. The van der Waals surface area contributed by atoms with Crippen molar-refractivity contribution in [3.05, 3.63) is 53.6 Å². The van der Waals surface area contributed by atoms with Crippen LogP contribution in [0.3, 0.4) is 0 Å². The SMILES string of the molecule is COc1ccc(CCO[C@@H]2O[C@H](CO)[C@@H](OC(=O)C=Cc3ccc(O)c(OC)c3)[C@H](O[C@@H]3O[C@@H](C)[C@H](OC(C)=O)[C@@H](OC(C)=O)[C@H]3O)[C@H]2O)cc1O. The van der Waals surface area contributed by atoms with Crippen LogP contribution in [0.4, 0.5) is 0 Å². The molecule has 2 aromatic rings. The number of hydrogen-bond acceptors (Lipinski definition) is 17. The normalized spacial score (nSPS) is 28.9. The molecule has 2 fully saturated rings. The number of ether oxygens (including phenoxy) is 9. The lowest BCUT2D eigenvalue weighted by Crippen LogP contribution is -2.65. The second kappa shape index (κ2) is 18.3. The third-order valence-electron chi connectivity index (χ3n) is 8.22. The molecule has 2 saturated heterocycles. The van der Waals surface area contributed by atoms with Crippen LogP contribution in [0.15, 0.2) is 42.5 Å². The topological polar surface area (TPSA) is 235 Å². The molecule has 17 nitrogen and oxygen atoms in total. The summed E-state index contributed by atoms with van der Waals surface area (Å²) in [6.45, 7) is 2.90. The summed E-state index contributed by atoms with van der Waals surface area (Å²) in [5.74, 6) is -2.26. The first kappa shape index (κ1) is 40.3. The summed E-state index contributed by atoms with van der Waals surface area (Å²) < 4.78 is 49.9. The Morgan fingerprint density at radius 2 is 1.46 bits per heavy atom. The highest BCUT2D eigenvalue weighted by atomic mass is 16.7. The van der Waals surface area contributed by atoms with Crippen LogP contribution in [-0.2, 0) is 54.0 Å². The maximum Gasteiger partial charge on any atom is 0.331 e. The van der Waals surface area contributed by atoms with Crippen molar-refractivity contribution >= 4 is 24.0 Å². The predicted molar refractivity (Wildman–Crippen MR) is 176 cm³/mol. The van der Waals surface area contributed by atoms with Gasteiger partial charge in [-0.3, -0.25) is 9.59 Å². The van der Waals surface area contributed by atoms with Crippen molar-refractivity contribution in [3.8, 4) is 23.0 Å². The van der Waals surface area contributed by atoms with Crippen molar-refractivity contribution < 1.29 is 82.5 Å². The lowest BCUT2D eigenvalue weighted by molar-refractivity contribution is -0.358. The van der Waals surface area contributed by atoms with Gasteiger partial charge in [-0.15, -0.1) is 0 Å². The molecule has 2 aromatic carbocycles. The van der Waals surface area contributed by atoms with Crippen molar-refractivity contribution in [1.82, 2.24) is 0 Å². The first-order valence-corrected chi connectivity index (χ1v) is 16.3. The molecule has 0 aliphatic carbocycles. The molecular formula is C35H44O17. The first-order valence-electron chi connectivity index (χ1n) is 16.3. The van der Waals surface area contributed by atoms with E-state index in [1.165, 1.54) is 51.5 Å². The monoisotopic (exact) mass is 736 g/mol. The highest BCUT2D eigenvalue weighted by Crippen LogP contribution is 2.34. The van der Waals surface area contributed by atoms with E-state index in [1.807, 2.05) is 0 Å². The average Bonchev–Trinajstić information content (AvgIpc) is 3.10. The van der Waals surface area contributed by atoms with Crippen LogP contribution in [0, 0.1) is 0 Å². The zero-order valence-corrected chi connectivity index (χ0v) is 29.1. The molecule has 0 spiro atoms. The minimum atomic E-state index is -1.78. The molecule has 2 heterocycles. The fraction of sp³-hybridized carbons (Fsp3) is 0.514. The average molecular weight is 737 g/mol. The first-order chi connectivity index (χ1) is 24.8. The van der Waals surface area contributed by atoms with Crippen molar-refractivity contribution in [2.45, 2.75) is 88.6 Å². The molecule has 0 saturated carbocycles. The highest BCUT2D eigenvalue weighted by molar-refractivity contribution is 5.87. The van der Waals surface area contributed by atoms with E-state index in [2.05, 4.69) is 0 Å². The number of phenolic OH excluding ortho intramolecular Hbond substituents is 2. The molecular weight excluding hydrogens is 692 g/mol. The second-order valence-electron chi connectivity index (χ2n) is 12.0. The summed E-state index contributed by atoms with van der Waals surface area (Å²) in [6, 6.07) is 9.09. The number of methoxy groups -OCH3 is 2. The van der Waals surface area contributed by atoms with Gasteiger partial charge in [-0.05, 0) is 54.8 Å². The lowest BCUT2D eigenvalue weighted by atomic mass is 9.96. The second-order valence-corrected chi connectivity index (χ2v) is 12.0. The number of esters is 3. The largest absolute Gasteiger partial charge is 0.504 e. The lowest BCUT2D eigenvalue weighted by Gasteiger charge is -2.47. The van der Waals surface area contributed by atoms with Crippen LogP contribution in [-0.4, -0.2) is 132 Å². The summed E-state index contributed by atoms with van der Waals surface area (Å²) in [5, 5.41) is 53.1.